The summed E-state index contributed by atoms with van der Waals surface area (Å²) >= 11 is 0. The van der Waals surface area contributed by atoms with E-state index in [4.69, 9.17) is 0 Å². The molecule has 0 spiro atoms. The molecule has 0 aliphatic heterocycles. The summed E-state index contributed by atoms with van der Waals surface area (Å²) in [4.78, 5) is 27.2. The maximum atomic E-state index is 12.7. The molecule has 1 heterocycles. The van der Waals surface area contributed by atoms with Crippen LogP contribution in [0.1, 0.15) is 60.8 Å². The number of hydrogen-bond acceptors (Lipinski definition) is 4. The first-order valence-corrected chi connectivity index (χ1v) is 10.4. The zero-order valence-electron chi connectivity index (χ0n) is 15.4. The molecule has 0 saturated carbocycles. The lowest BCUT2D eigenvalue weighted by Gasteiger charge is -2.19. The molecule has 0 fully saturated rings. The van der Waals surface area contributed by atoms with E-state index in [1.165, 1.54) is 12.1 Å². The lowest BCUT2D eigenvalue weighted by molar-refractivity contribution is 0.0933. The van der Waals surface area contributed by atoms with Gasteiger partial charge < -0.3 is 10.3 Å². The highest BCUT2D eigenvalue weighted by atomic mass is 32.2. The van der Waals surface area contributed by atoms with E-state index in [9.17, 15) is 18.0 Å². The average molecular weight is 376 g/mol. The fraction of sp³-hybridized carbons (Fsp3) is 0.368. The third-order valence-electron chi connectivity index (χ3n) is 4.20. The Balaban J connectivity index is 2.28. The van der Waals surface area contributed by atoms with E-state index in [0.717, 1.165) is 11.8 Å². The molecule has 0 aliphatic rings. The van der Waals surface area contributed by atoms with Gasteiger partial charge in [0, 0.05) is 18.0 Å². The van der Waals surface area contributed by atoms with Crippen molar-refractivity contribution in [2.75, 3.05) is 6.26 Å². The van der Waals surface area contributed by atoms with Gasteiger partial charge in [0.2, 0.25) is 5.56 Å². The van der Waals surface area contributed by atoms with Crippen LogP contribution in [0.3, 0.4) is 0 Å². The predicted octanol–water partition coefficient (Wildman–Crippen LogP) is 2.78. The monoisotopic (exact) mass is 376 g/mol. The number of sulfone groups is 1. The Hall–Kier alpha value is -2.41. The topological polar surface area (TPSA) is 96.1 Å². The van der Waals surface area contributed by atoms with E-state index in [1.807, 2.05) is 20.8 Å². The van der Waals surface area contributed by atoms with Gasteiger partial charge in [-0.15, -0.1) is 0 Å². The van der Waals surface area contributed by atoms with E-state index >= 15 is 0 Å². The number of H-pyrrole nitrogens is 1. The number of carbonyl (C=O) groups is 1. The van der Waals surface area contributed by atoms with Crippen molar-refractivity contribution in [3.05, 3.63) is 63.6 Å². The minimum absolute atomic E-state index is 0.00114. The van der Waals surface area contributed by atoms with E-state index in [0.29, 0.717) is 17.7 Å². The van der Waals surface area contributed by atoms with Gasteiger partial charge in [-0.3, -0.25) is 9.59 Å². The summed E-state index contributed by atoms with van der Waals surface area (Å²) in [5.74, 6) is -0.275. The Morgan fingerprint density at radius 1 is 1.12 bits per heavy atom. The fourth-order valence-electron chi connectivity index (χ4n) is 2.75. The highest BCUT2D eigenvalue weighted by molar-refractivity contribution is 7.90. The number of amides is 1. The standard InChI is InChI=1S/C19H24N2O4S/c1-5-16(13-6-8-14(9-7-13)26(4,24)25)20-19(23)15-10-11-17(22)21-18(15)12(2)3/h6-12,16H,5H2,1-4H3,(H,20,23)(H,21,22). The Labute approximate surface area is 153 Å². The van der Waals surface area contributed by atoms with Crippen molar-refractivity contribution in [3.8, 4) is 0 Å². The van der Waals surface area contributed by atoms with Gasteiger partial charge in [-0.05, 0) is 36.1 Å². The fourth-order valence-corrected chi connectivity index (χ4v) is 3.38. The second-order valence-electron chi connectivity index (χ2n) is 6.58. The number of benzene rings is 1. The molecule has 7 heteroatoms. The number of hydrogen-bond donors (Lipinski definition) is 2. The molecular weight excluding hydrogens is 352 g/mol. The van der Waals surface area contributed by atoms with Gasteiger partial charge in [0.25, 0.3) is 5.91 Å². The zero-order valence-corrected chi connectivity index (χ0v) is 16.2. The molecule has 6 nitrogen and oxygen atoms in total. The van der Waals surface area contributed by atoms with Crippen molar-refractivity contribution < 1.29 is 13.2 Å². The zero-order chi connectivity index (χ0) is 19.5. The van der Waals surface area contributed by atoms with Crippen LogP contribution in [0.25, 0.3) is 0 Å². The minimum atomic E-state index is -3.26. The van der Waals surface area contributed by atoms with Crippen LogP contribution in [0.2, 0.25) is 0 Å². The molecule has 1 amide bonds. The van der Waals surface area contributed by atoms with Gasteiger partial charge in [0.15, 0.2) is 9.84 Å². The highest BCUT2D eigenvalue weighted by Crippen LogP contribution is 2.21. The van der Waals surface area contributed by atoms with Crippen molar-refractivity contribution >= 4 is 15.7 Å². The molecule has 0 radical (unpaired) electrons. The first-order chi connectivity index (χ1) is 12.1. The third-order valence-corrected chi connectivity index (χ3v) is 5.32. The van der Waals surface area contributed by atoms with Crippen molar-refractivity contribution in [2.45, 2.75) is 44.0 Å². The van der Waals surface area contributed by atoms with E-state index < -0.39 is 9.84 Å². The van der Waals surface area contributed by atoms with Crippen molar-refractivity contribution in [1.29, 1.82) is 0 Å². The molecule has 2 rings (SSSR count). The smallest absolute Gasteiger partial charge is 0.253 e. The number of carbonyl (C=O) groups excluding carboxylic acids is 1. The van der Waals surface area contributed by atoms with Crippen molar-refractivity contribution in [3.63, 3.8) is 0 Å². The Kier molecular flexibility index (Phi) is 6.02. The normalized spacial score (nSPS) is 12.8. The number of rotatable bonds is 6. The van der Waals surface area contributed by atoms with Crippen LogP contribution in [-0.4, -0.2) is 25.6 Å². The number of pyridine rings is 1. The second-order valence-corrected chi connectivity index (χ2v) is 8.60. The summed E-state index contributed by atoms with van der Waals surface area (Å²) in [6, 6.07) is 9.11. The van der Waals surface area contributed by atoms with Crippen LogP contribution in [0.4, 0.5) is 0 Å². The first kappa shape index (κ1) is 19.9. The number of aromatic nitrogens is 1. The van der Waals surface area contributed by atoms with Crippen molar-refractivity contribution in [2.24, 2.45) is 0 Å². The summed E-state index contributed by atoms with van der Waals surface area (Å²) in [7, 11) is -3.26. The quantitative estimate of drug-likeness (QED) is 0.810. The molecule has 1 aromatic heterocycles. The van der Waals surface area contributed by atoms with Crippen LogP contribution < -0.4 is 10.9 Å². The molecule has 0 aliphatic carbocycles. The van der Waals surface area contributed by atoms with E-state index in [1.54, 1.807) is 24.3 Å². The van der Waals surface area contributed by atoms with Gasteiger partial charge in [-0.1, -0.05) is 32.9 Å². The summed E-state index contributed by atoms with van der Waals surface area (Å²) in [5.41, 5.74) is 1.61. The van der Waals surface area contributed by atoms with Gasteiger partial charge in [0.1, 0.15) is 0 Å². The lowest BCUT2D eigenvalue weighted by atomic mass is 10.0. The molecule has 0 saturated heterocycles. The molecule has 2 N–H and O–H groups in total. The van der Waals surface area contributed by atoms with Crippen LogP contribution in [0.15, 0.2) is 46.1 Å². The SMILES string of the molecule is CCC(NC(=O)c1ccc(=O)[nH]c1C(C)C)c1ccc(S(C)(=O)=O)cc1. The van der Waals surface area contributed by atoms with Gasteiger partial charge in [0.05, 0.1) is 16.5 Å². The number of aromatic amines is 1. The average Bonchev–Trinajstić information content (AvgIpc) is 2.58. The van der Waals surface area contributed by atoms with Gasteiger partial charge in [-0.25, -0.2) is 8.42 Å². The van der Waals surface area contributed by atoms with Gasteiger partial charge >= 0.3 is 0 Å². The van der Waals surface area contributed by atoms with Crippen LogP contribution >= 0.6 is 0 Å². The summed E-state index contributed by atoms with van der Waals surface area (Å²) in [6.45, 7) is 5.75. The first-order valence-electron chi connectivity index (χ1n) is 8.47. The van der Waals surface area contributed by atoms with E-state index in [2.05, 4.69) is 10.3 Å². The summed E-state index contributed by atoms with van der Waals surface area (Å²) in [5, 5.41) is 2.96. The predicted molar refractivity (Wildman–Crippen MR) is 101 cm³/mol. The molecule has 2 aromatic rings. The maximum Gasteiger partial charge on any atom is 0.253 e. The van der Waals surface area contributed by atoms with Gasteiger partial charge in [-0.2, -0.15) is 0 Å². The molecule has 1 aromatic carbocycles. The second kappa shape index (κ2) is 7.86. The van der Waals surface area contributed by atoms with Crippen LogP contribution in [0, 0.1) is 0 Å². The highest BCUT2D eigenvalue weighted by Gasteiger charge is 2.19. The third kappa shape index (κ3) is 4.60. The largest absolute Gasteiger partial charge is 0.345 e. The summed E-state index contributed by atoms with van der Waals surface area (Å²) in [6.07, 6.45) is 1.80. The molecular formula is C19H24N2O4S. The Morgan fingerprint density at radius 3 is 2.23 bits per heavy atom. The molecule has 1 unspecified atom stereocenters. The molecule has 26 heavy (non-hydrogen) atoms. The Morgan fingerprint density at radius 2 is 1.73 bits per heavy atom. The number of nitrogens with one attached hydrogen (secondary N) is 2. The maximum absolute atomic E-state index is 12.7. The minimum Gasteiger partial charge on any atom is -0.345 e. The molecule has 0 bridgehead atoms. The lowest BCUT2D eigenvalue weighted by Crippen LogP contribution is -2.30. The van der Waals surface area contributed by atoms with Crippen molar-refractivity contribution in [1.82, 2.24) is 10.3 Å². The van der Waals surface area contributed by atoms with Crippen LogP contribution in [-0.2, 0) is 9.84 Å². The molecule has 1 atom stereocenters. The Bertz CT molecular complexity index is 944. The van der Waals surface area contributed by atoms with Crippen LogP contribution in [0.5, 0.6) is 0 Å². The summed E-state index contributed by atoms with van der Waals surface area (Å²) < 4.78 is 23.2. The molecule has 140 valence electrons. The van der Waals surface area contributed by atoms with E-state index in [-0.39, 0.29) is 28.3 Å².